The molecule has 2 aliphatic heterocycles. The predicted molar refractivity (Wildman–Crippen MR) is 119 cm³/mol. The molecule has 10 nitrogen and oxygen atoms in total. The van der Waals surface area contributed by atoms with Crippen molar-refractivity contribution in [3.8, 4) is 0 Å². The number of nitrogens with zero attached hydrogens (tertiary/aromatic N) is 2. The lowest BCUT2D eigenvalue weighted by Gasteiger charge is -2.28. The lowest BCUT2D eigenvalue weighted by atomic mass is 10.2. The van der Waals surface area contributed by atoms with Gasteiger partial charge < -0.3 is 14.8 Å². The molecule has 2 heterocycles. The number of esters is 1. The van der Waals surface area contributed by atoms with E-state index in [4.69, 9.17) is 21.1 Å². The summed E-state index contributed by atoms with van der Waals surface area (Å²) in [6.07, 6.45) is 0. The second kappa shape index (κ2) is 9.48. The fourth-order valence-corrected chi connectivity index (χ4v) is 5.13. The Hall–Kier alpha value is -2.99. The summed E-state index contributed by atoms with van der Waals surface area (Å²) in [5.41, 5.74) is 0.767. The molecule has 0 unspecified atom stereocenters. The number of fused-ring (bicyclic) bond motifs is 1. The number of morpholine rings is 1. The second-order valence-electron chi connectivity index (χ2n) is 7.28. The van der Waals surface area contributed by atoms with Crippen molar-refractivity contribution in [1.82, 2.24) is 4.31 Å². The van der Waals surface area contributed by atoms with E-state index >= 15 is 0 Å². The van der Waals surface area contributed by atoms with Crippen LogP contribution >= 0.6 is 11.6 Å². The summed E-state index contributed by atoms with van der Waals surface area (Å²) < 4.78 is 37.3. The van der Waals surface area contributed by atoms with Crippen LogP contribution in [0, 0.1) is 0 Å². The highest BCUT2D eigenvalue weighted by Gasteiger charge is 2.29. The minimum Gasteiger partial charge on any atom is -0.452 e. The standard InChI is InChI=1S/C21H20ClN3O7S/c22-16-6-5-14(33(29,30)24-7-9-31-10-8-24)11-15(16)21(28)32-13-20(27)25-12-19(26)23-17-3-1-2-4-18(17)25/h1-6,11H,7-10,12-13H2,(H,23,26). The van der Waals surface area contributed by atoms with Crippen LogP contribution in [-0.2, 0) is 29.1 Å². The predicted octanol–water partition coefficient (Wildman–Crippen LogP) is 1.50. The van der Waals surface area contributed by atoms with E-state index in [0.717, 1.165) is 6.07 Å². The van der Waals surface area contributed by atoms with Crippen LogP contribution in [0.25, 0.3) is 0 Å². The molecule has 0 atom stereocenters. The van der Waals surface area contributed by atoms with E-state index in [2.05, 4.69) is 5.32 Å². The number of carbonyl (C=O) groups excluding carboxylic acids is 3. The monoisotopic (exact) mass is 493 g/mol. The molecular weight excluding hydrogens is 474 g/mol. The molecule has 4 rings (SSSR count). The minimum atomic E-state index is -3.86. The molecule has 2 aliphatic rings. The highest BCUT2D eigenvalue weighted by molar-refractivity contribution is 7.89. The van der Waals surface area contributed by atoms with Crippen molar-refractivity contribution >= 4 is 50.8 Å². The molecule has 1 saturated heterocycles. The van der Waals surface area contributed by atoms with E-state index in [1.165, 1.54) is 21.3 Å². The topological polar surface area (TPSA) is 122 Å². The molecule has 2 aromatic carbocycles. The summed E-state index contributed by atoms with van der Waals surface area (Å²) in [4.78, 5) is 38.3. The third-order valence-electron chi connectivity index (χ3n) is 5.16. The number of sulfonamides is 1. The van der Waals surface area contributed by atoms with Gasteiger partial charge in [-0.25, -0.2) is 13.2 Å². The van der Waals surface area contributed by atoms with E-state index in [-0.39, 0.29) is 54.2 Å². The van der Waals surface area contributed by atoms with Gasteiger partial charge in [0.05, 0.1) is 40.1 Å². The van der Waals surface area contributed by atoms with Gasteiger partial charge in [-0.2, -0.15) is 4.31 Å². The molecule has 0 saturated carbocycles. The first-order valence-electron chi connectivity index (χ1n) is 10.0. The number of carbonyl (C=O) groups is 3. The Kier molecular flexibility index (Phi) is 6.66. The van der Waals surface area contributed by atoms with Crippen LogP contribution in [-0.4, -0.2) is 70.0 Å². The smallest absolute Gasteiger partial charge is 0.340 e. The lowest BCUT2D eigenvalue weighted by Crippen LogP contribution is -2.44. The van der Waals surface area contributed by atoms with Gasteiger partial charge in [0, 0.05) is 13.1 Å². The quantitative estimate of drug-likeness (QED) is 0.626. The third kappa shape index (κ3) is 4.86. The second-order valence-corrected chi connectivity index (χ2v) is 9.62. The number of anilines is 2. The number of amides is 2. The van der Waals surface area contributed by atoms with Crippen molar-refractivity contribution in [1.29, 1.82) is 0 Å². The highest BCUT2D eigenvalue weighted by Crippen LogP contribution is 2.29. The first kappa shape index (κ1) is 23.2. The average Bonchev–Trinajstić information content (AvgIpc) is 2.82. The fraction of sp³-hybridized carbons (Fsp3) is 0.286. The van der Waals surface area contributed by atoms with Crippen molar-refractivity contribution in [2.75, 3.05) is 49.7 Å². The molecule has 1 N–H and O–H groups in total. The number of benzene rings is 2. The molecule has 0 aromatic heterocycles. The van der Waals surface area contributed by atoms with Crippen LogP contribution in [0.5, 0.6) is 0 Å². The molecule has 0 radical (unpaired) electrons. The maximum atomic E-state index is 12.9. The van der Waals surface area contributed by atoms with E-state index in [1.807, 2.05) is 0 Å². The van der Waals surface area contributed by atoms with Crippen molar-refractivity contribution < 1.29 is 32.3 Å². The van der Waals surface area contributed by atoms with Gasteiger partial charge in [-0.15, -0.1) is 0 Å². The number of halogens is 1. The lowest BCUT2D eigenvalue weighted by molar-refractivity contribution is -0.124. The number of hydrogen-bond acceptors (Lipinski definition) is 7. The normalized spacial score (nSPS) is 16.6. The van der Waals surface area contributed by atoms with E-state index < -0.39 is 28.5 Å². The van der Waals surface area contributed by atoms with Gasteiger partial charge >= 0.3 is 5.97 Å². The number of nitrogens with one attached hydrogen (secondary N) is 1. The number of rotatable bonds is 5. The van der Waals surface area contributed by atoms with Gasteiger partial charge in [0.2, 0.25) is 15.9 Å². The summed E-state index contributed by atoms with van der Waals surface area (Å²) in [6, 6.07) is 10.5. The largest absolute Gasteiger partial charge is 0.452 e. The Morgan fingerprint density at radius 2 is 1.85 bits per heavy atom. The van der Waals surface area contributed by atoms with Crippen LogP contribution in [0.2, 0.25) is 5.02 Å². The maximum absolute atomic E-state index is 12.9. The average molecular weight is 494 g/mol. The number of para-hydroxylation sites is 2. The van der Waals surface area contributed by atoms with Crippen molar-refractivity contribution in [2.24, 2.45) is 0 Å². The van der Waals surface area contributed by atoms with Gasteiger partial charge in [0.1, 0.15) is 6.54 Å². The Bertz CT molecular complexity index is 1210. The Morgan fingerprint density at radius 3 is 2.61 bits per heavy atom. The van der Waals surface area contributed by atoms with Gasteiger partial charge in [-0.1, -0.05) is 23.7 Å². The molecule has 0 spiro atoms. The summed E-state index contributed by atoms with van der Waals surface area (Å²) >= 11 is 6.10. The van der Waals surface area contributed by atoms with Gasteiger partial charge in [-0.3, -0.25) is 14.5 Å². The van der Waals surface area contributed by atoms with Crippen LogP contribution in [0.1, 0.15) is 10.4 Å². The molecular formula is C21H20ClN3O7S. The van der Waals surface area contributed by atoms with E-state index in [0.29, 0.717) is 11.4 Å². The van der Waals surface area contributed by atoms with Gasteiger partial charge in [-0.05, 0) is 30.3 Å². The summed E-state index contributed by atoms with van der Waals surface area (Å²) in [7, 11) is -3.86. The molecule has 33 heavy (non-hydrogen) atoms. The molecule has 2 aromatic rings. The highest BCUT2D eigenvalue weighted by atomic mass is 35.5. The van der Waals surface area contributed by atoms with E-state index in [1.54, 1.807) is 24.3 Å². The maximum Gasteiger partial charge on any atom is 0.340 e. The SMILES string of the molecule is O=C1CN(C(=O)COC(=O)c2cc(S(=O)(=O)N3CCOCC3)ccc2Cl)c2ccccc2N1. The van der Waals surface area contributed by atoms with Gasteiger partial charge in [0.15, 0.2) is 6.61 Å². The fourth-order valence-electron chi connectivity index (χ4n) is 3.50. The first-order chi connectivity index (χ1) is 15.8. The minimum absolute atomic E-state index is 0.0175. The van der Waals surface area contributed by atoms with Crippen molar-refractivity contribution in [2.45, 2.75) is 4.90 Å². The zero-order chi connectivity index (χ0) is 23.6. The first-order valence-corrected chi connectivity index (χ1v) is 11.8. The molecule has 0 bridgehead atoms. The van der Waals surface area contributed by atoms with E-state index in [9.17, 15) is 22.8 Å². The molecule has 174 valence electrons. The Labute approximate surface area is 195 Å². The van der Waals surface area contributed by atoms with Crippen LogP contribution < -0.4 is 10.2 Å². The number of ether oxygens (including phenoxy) is 2. The Morgan fingerprint density at radius 1 is 1.12 bits per heavy atom. The summed E-state index contributed by atoms with van der Waals surface area (Å²) in [5.74, 6) is -1.95. The summed E-state index contributed by atoms with van der Waals surface area (Å²) in [6.45, 7) is 0.0792. The zero-order valence-electron chi connectivity index (χ0n) is 17.3. The molecule has 2 amide bonds. The molecule has 0 aliphatic carbocycles. The number of hydrogen-bond donors (Lipinski definition) is 1. The third-order valence-corrected chi connectivity index (χ3v) is 7.39. The van der Waals surface area contributed by atoms with Crippen LogP contribution in [0.15, 0.2) is 47.4 Å². The zero-order valence-corrected chi connectivity index (χ0v) is 18.9. The van der Waals surface area contributed by atoms with Gasteiger partial charge in [0.25, 0.3) is 5.91 Å². The molecule has 12 heteroatoms. The van der Waals surface area contributed by atoms with Crippen LogP contribution in [0.3, 0.4) is 0 Å². The van der Waals surface area contributed by atoms with Crippen molar-refractivity contribution in [3.63, 3.8) is 0 Å². The van der Waals surface area contributed by atoms with Crippen molar-refractivity contribution in [3.05, 3.63) is 53.1 Å². The van der Waals surface area contributed by atoms with Crippen LogP contribution in [0.4, 0.5) is 11.4 Å². The molecule has 1 fully saturated rings. The summed E-state index contributed by atoms with van der Waals surface area (Å²) in [5, 5.41) is 2.65. The Balaban J connectivity index is 1.48.